The van der Waals surface area contributed by atoms with Crippen LogP contribution in [-0.4, -0.2) is 27.5 Å². The molecular formula is C19H21F3N2O2S. The largest absolute Gasteiger partial charge is 0.416 e. The molecule has 2 aromatic rings. The Hall–Kier alpha value is -2.06. The molecule has 8 heteroatoms. The number of sulfonamides is 1. The van der Waals surface area contributed by atoms with Crippen molar-refractivity contribution in [3.63, 3.8) is 0 Å². The molecule has 0 aliphatic carbocycles. The van der Waals surface area contributed by atoms with Crippen LogP contribution >= 0.6 is 0 Å². The molecule has 0 radical (unpaired) electrons. The number of nitrogens with one attached hydrogen (secondary N) is 1. The van der Waals surface area contributed by atoms with E-state index in [1.165, 1.54) is 12.1 Å². The fourth-order valence-corrected chi connectivity index (χ4v) is 4.48. The van der Waals surface area contributed by atoms with Crippen LogP contribution in [0.25, 0.3) is 0 Å². The van der Waals surface area contributed by atoms with Crippen molar-refractivity contribution in [1.29, 1.82) is 0 Å². The van der Waals surface area contributed by atoms with Gasteiger partial charge >= 0.3 is 6.18 Å². The summed E-state index contributed by atoms with van der Waals surface area (Å²) in [7, 11) is -3.48. The molecular weight excluding hydrogens is 377 g/mol. The van der Waals surface area contributed by atoms with Crippen LogP contribution < -0.4 is 9.62 Å². The summed E-state index contributed by atoms with van der Waals surface area (Å²) >= 11 is 0. The van der Waals surface area contributed by atoms with Gasteiger partial charge in [0.15, 0.2) is 0 Å². The summed E-state index contributed by atoms with van der Waals surface area (Å²) in [6.45, 7) is 0.923. The van der Waals surface area contributed by atoms with Gasteiger partial charge in [0.1, 0.15) is 0 Å². The lowest BCUT2D eigenvalue weighted by Crippen LogP contribution is -2.40. The fourth-order valence-electron chi connectivity index (χ4n) is 3.30. The van der Waals surface area contributed by atoms with Crippen molar-refractivity contribution < 1.29 is 21.6 Å². The summed E-state index contributed by atoms with van der Waals surface area (Å²) in [6, 6.07) is 13.8. The lowest BCUT2D eigenvalue weighted by atomic mass is 10.1. The quantitative estimate of drug-likeness (QED) is 0.805. The van der Waals surface area contributed by atoms with Gasteiger partial charge in [0.25, 0.3) is 0 Å². The summed E-state index contributed by atoms with van der Waals surface area (Å²) < 4.78 is 65.4. The highest BCUT2D eigenvalue weighted by Crippen LogP contribution is 2.32. The average Bonchev–Trinajstić information content (AvgIpc) is 3.09. The molecule has 1 saturated heterocycles. The van der Waals surface area contributed by atoms with Crippen LogP contribution in [0.2, 0.25) is 0 Å². The number of rotatable bonds is 6. The number of anilines is 1. The Kier molecular flexibility index (Phi) is 5.76. The second kappa shape index (κ2) is 7.90. The molecule has 146 valence electrons. The number of benzene rings is 2. The summed E-state index contributed by atoms with van der Waals surface area (Å²) in [5, 5.41) is 0. The Bertz CT molecular complexity index is 853. The first-order valence-corrected chi connectivity index (χ1v) is 10.3. The lowest BCUT2D eigenvalue weighted by Gasteiger charge is -2.27. The van der Waals surface area contributed by atoms with E-state index >= 15 is 0 Å². The van der Waals surface area contributed by atoms with E-state index in [1.807, 2.05) is 11.0 Å². The maximum atomic E-state index is 12.7. The monoisotopic (exact) mass is 398 g/mol. The number of halogens is 3. The van der Waals surface area contributed by atoms with Crippen LogP contribution in [0.4, 0.5) is 18.9 Å². The molecule has 1 heterocycles. The van der Waals surface area contributed by atoms with Gasteiger partial charge in [0.2, 0.25) is 10.0 Å². The van der Waals surface area contributed by atoms with Gasteiger partial charge in [-0.25, -0.2) is 13.1 Å². The van der Waals surface area contributed by atoms with E-state index in [0.29, 0.717) is 17.8 Å². The Labute approximate surface area is 157 Å². The minimum atomic E-state index is -4.37. The van der Waals surface area contributed by atoms with Gasteiger partial charge in [0, 0.05) is 24.8 Å². The zero-order chi connectivity index (χ0) is 19.5. The standard InChI is InChI=1S/C19H21F3N2O2S/c20-19(21,22)16-8-10-17(11-9-16)24-12-4-7-18(24)13-23-27(25,26)14-15-5-2-1-3-6-15/h1-3,5-6,8-11,18,23H,4,7,12-14H2. The summed E-state index contributed by atoms with van der Waals surface area (Å²) in [5.41, 5.74) is 0.689. The van der Waals surface area contributed by atoms with Crippen molar-refractivity contribution in [2.45, 2.75) is 30.8 Å². The van der Waals surface area contributed by atoms with Crippen LogP contribution in [0.15, 0.2) is 54.6 Å². The molecule has 0 saturated carbocycles. The van der Waals surface area contributed by atoms with Crippen LogP contribution in [0.3, 0.4) is 0 Å². The SMILES string of the molecule is O=S(=O)(Cc1ccccc1)NCC1CCCN1c1ccc(C(F)(F)F)cc1. The Morgan fingerprint density at radius 2 is 1.70 bits per heavy atom. The minimum Gasteiger partial charge on any atom is -0.367 e. The van der Waals surface area contributed by atoms with E-state index in [9.17, 15) is 21.6 Å². The first kappa shape index (κ1) is 19.7. The van der Waals surface area contributed by atoms with Gasteiger partial charge in [-0.3, -0.25) is 0 Å². The highest BCUT2D eigenvalue weighted by Gasteiger charge is 2.31. The van der Waals surface area contributed by atoms with Crippen molar-refractivity contribution in [2.75, 3.05) is 18.0 Å². The van der Waals surface area contributed by atoms with Gasteiger partial charge in [-0.1, -0.05) is 30.3 Å². The minimum absolute atomic E-state index is 0.0766. The number of alkyl halides is 3. The number of hydrogen-bond acceptors (Lipinski definition) is 3. The van der Waals surface area contributed by atoms with E-state index in [1.54, 1.807) is 24.3 Å². The van der Waals surface area contributed by atoms with Gasteiger partial charge in [-0.15, -0.1) is 0 Å². The predicted molar refractivity (Wildman–Crippen MR) is 98.9 cm³/mol. The number of hydrogen-bond donors (Lipinski definition) is 1. The molecule has 0 amide bonds. The van der Waals surface area contributed by atoms with Crippen LogP contribution in [0, 0.1) is 0 Å². The van der Waals surface area contributed by atoms with Crippen molar-refractivity contribution >= 4 is 15.7 Å². The molecule has 0 spiro atoms. The molecule has 1 unspecified atom stereocenters. The summed E-state index contributed by atoms with van der Waals surface area (Å²) in [5.74, 6) is -0.0964. The van der Waals surface area contributed by atoms with Crippen molar-refractivity contribution in [3.05, 3.63) is 65.7 Å². The third kappa shape index (κ3) is 5.23. The maximum Gasteiger partial charge on any atom is 0.416 e. The van der Waals surface area contributed by atoms with Crippen LogP contribution in [0.5, 0.6) is 0 Å². The molecule has 0 aromatic heterocycles. The van der Waals surface area contributed by atoms with Gasteiger partial charge < -0.3 is 4.90 Å². The summed E-state index contributed by atoms with van der Waals surface area (Å²) in [6.07, 6.45) is -2.71. The Morgan fingerprint density at radius 1 is 1.04 bits per heavy atom. The third-order valence-electron chi connectivity index (χ3n) is 4.64. The molecule has 4 nitrogen and oxygen atoms in total. The maximum absolute atomic E-state index is 12.7. The molecule has 2 aromatic carbocycles. The second-order valence-corrected chi connectivity index (χ2v) is 8.43. The van der Waals surface area contributed by atoms with E-state index in [2.05, 4.69) is 4.72 Å². The normalized spacial score (nSPS) is 18.0. The summed E-state index contributed by atoms with van der Waals surface area (Å²) in [4.78, 5) is 1.96. The fraction of sp³-hybridized carbons (Fsp3) is 0.368. The topological polar surface area (TPSA) is 49.4 Å². The zero-order valence-electron chi connectivity index (χ0n) is 14.6. The van der Waals surface area contributed by atoms with Crippen molar-refractivity contribution in [2.24, 2.45) is 0 Å². The number of nitrogens with zero attached hydrogens (tertiary/aromatic N) is 1. The highest BCUT2D eigenvalue weighted by molar-refractivity contribution is 7.88. The van der Waals surface area contributed by atoms with Crippen molar-refractivity contribution in [1.82, 2.24) is 4.72 Å². The third-order valence-corrected chi connectivity index (χ3v) is 5.96. The first-order valence-electron chi connectivity index (χ1n) is 8.70. The smallest absolute Gasteiger partial charge is 0.367 e. The molecule has 1 fully saturated rings. The molecule has 0 bridgehead atoms. The molecule has 1 N–H and O–H groups in total. The van der Waals surface area contributed by atoms with E-state index in [-0.39, 0.29) is 18.3 Å². The van der Waals surface area contributed by atoms with Crippen LogP contribution in [0.1, 0.15) is 24.0 Å². The Balaban J connectivity index is 1.63. The van der Waals surface area contributed by atoms with E-state index in [4.69, 9.17) is 0 Å². The zero-order valence-corrected chi connectivity index (χ0v) is 15.4. The van der Waals surface area contributed by atoms with Gasteiger partial charge in [-0.2, -0.15) is 13.2 Å². The molecule has 27 heavy (non-hydrogen) atoms. The molecule has 1 aliphatic heterocycles. The average molecular weight is 398 g/mol. The van der Waals surface area contributed by atoms with Crippen LogP contribution in [-0.2, 0) is 22.0 Å². The second-order valence-electron chi connectivity index (χ2n) is 6.63. The van der Waals surface area contributed by atoms with E-state index < -0.39 is 21.8 Å². The molecule has 1 aliphatic rings. The lowest BCUT2D eigenvalue weighted by molar-refractivity contribution is -0.137. The van der Waals surface area contributed by atoms with Gasteiger partial charge in [0.05, 0.1) is 11.3 Å². The first-order chi connectivity index (χ1) is 12.7. The predicted octanol–water partition coefficient (Wildman–Crippen LogP) is 3.79. The highest BCUT2D eigenvalue weighted by atomic mass is 32.2. The Morgan fingerprint density at radius 3 is 2.33 bits per heavy atom. The molecule has 3 rings (SSSR count). The van der Waals surface area contributed by atoms with Gasteiger partial charge in [-0.05, 0) is 42.7 Å². The molecule has 1 atom stereocenters. The van der Waals surface area contributed by atoms with Crippen molar-refractivity contribution in [3.8, 4) is 0 Å². The van der Waals surface area contributed by atoms with E-state index in [0.717, 1.165) is 25.0 Å².